The lowest BCUT2D eigenvalue weighted by Gasteiger charge is -2.35. The molecule has 0 spiro atoms. The van der Waals surface area contributed by atoms with Crippen molar-refractivity contribution in [3.63, 3.8) is 0 Å². The maximum Gasteiger partial charge on any atom is 0.209 e. The smallest absolute Gasteiger partial charge is 0.209 e. The molecule has 2 aromatic rings. The zero-order valence-electron chi connectivity index (χ0n) is 13.6. The first-order valence-corrected chi connectivity index (χ1v) is 8.66. The molecular weight excluding hydrogens is 322 g/mol. The number of nitrogens with one attached hydrogen (secondary N) is 1. The van der Waals surface area contributed by atoms with Crippen molar-refractivity contribution < 1.29 is 4.79 Å². The number of rotatable bonds is 6. The van der Waals surface area contributed by atoms with E-state index in [2.05, 4.69) is 34.5 Å². The highest BCUT2D eigenvalue weighted by atomic mass is 35.5. The number of amides is 1. The fourth-order valence-corrected chi connectivity index (χ4v) is 3.21. The van der Waals surface area contributed by atoms with Gasteiger partial charge in [-0.15, -0.1) is 0 Å². The first kappa shape index (κ1) is 16.7. The molecule has 1 aliphatic rings. The van der Waals surface area contributed by atoms with Crippen molar-refractivity contribution in [1.82, 2.24) is 4.90 Å². The minimum Gasteiger partial charge on any atom is -0.383 e. The molecule has 2 aromatic carbocycles. The highest BCUT2D eigenvalue weighted by Gasteiger charge is 2.17. The van der Waals surface area contributed by atoms with Gasteiger partial charge in [0.1, 0.15) is 0 Å². The molecule has 0 aromatic heterocycles. The maximum atomic E-state index is 10.9. The van der Waals surface area contributed by atoms with E-state index in [9.17, 15) is 4.79 Å². The van der Waals surface area contributed by atoms with E-state index in [4.69, 9.17) is 11.6 Å². The summed E-state index contributed by atoms with van der Waals surface area (Å²) in [6.45, 7) is 4.14. The minimum absolute atomic E-state index is 0.778. The molecule has 24 heavy (non-hydrogen) atoms. The molecule has 0 aliphatic carbocycles. The van der Waals surface area contributed by atoms with E-state index in [1.165, 1.54) is 11.3 Å². The van der Waals surface area contributed by atoms with E-state index in [0.29, 0.717) is 0 Å². The Morgan fingerprint density at radius 3 is 2.58 bits per heavy atom. The lowest BCUT2D eigenvalue weighted by Crippen LogP contribution is -2.45. The second-order valence-electron chi connectivity index (χ2n) is 5.95. The average molecular weight is 344 g/mol. The molecule has 0 bridgehead atoms. The van der Waals surface area contributed by atoms with Gasteiger partial charge >= 0.3 is 0 Å². The summed E-state index contributed by atoms with van der Waals surface area (Å²) < 4.78 is 0. The molecule has 1 heterocycles. The molecular formula is C19H22ClN3O. The van der Waals surface area contributed by atoms with Crippen LogP contribution in [0.1, 0.15) is 5.56 Å². The number of benzene rings is 2. The fraction of sp³-hybridized carbons (Fsp3) is 0.316. The molecule has 0 radical (unpaired) electrons. The number of nitrogens with zero attached hydrogens (tertiary/aromatic N) is 2. The van der Waals surface area contributed by atoms with Crippen molar-refractivity contribution in [1.29, 1.82) is 0 Å². The molecule has 5 heteroatoms. The van der Waals surface area contributed by atoms with Gasteiger partial charge in [0.15, 0.2) is 0 Å². The van der Waals surface area contributed by atoms with Crippen LogP contribution >= 0.6 is 11.6 Å². The molecule has 0 atom stereocenters. The zero-order chi connectivity index (χ0) is 16.8. The van der Waals surface area contributed by atoms with Crippen LogP contribution in [0, 0.1) is 0 Å². The van der Waals surface area contributed by atoms with Crippen molar-refractivity contribution in [3.8, 4) is 0 Å². The van der Waals surface area contributed by atoms with E-state index >= 15 is 0 Å². The van der Waals surface area contributed by atoms with E-state index in [-0.39, 0.29) is 0 Å². The van der Waals surface area contributed by atoms with Crippen molar-refractivity contribution in [2.45, 2.75) is 6.42 Å². The van der Waals surface area contributed by atoms with E-state index in [1.54, 1.807) is 0 Å². The minimum atomic E-state index is 0.778. The van der Waals surface area contributed by atoms with Gasteiger partial charge in [-0.25, -0.2) is 0 Å². The van der Waals surface area contributed by atoms with Gasteiger partial charge in [-0.3, -0.25) is 4.79 Å². The second-order valence-corrected chi connectivity index (χ2v) is 6.39. The number of halogens is 1. The summed E-state index contributed by atoms with van der Waals surface area (Å²) in [6, 6.07) is 16.3. The van der Waals surface area contributed by atoms with Crippen LogP contribution in [0.3, 0.4) is 0 Å². The third-order valence-electron chi connectivity index (χ3n) is 4.33. The molecule has 126 valence electrons. The largest absolute Gasteiger partial charge is 0.383 e. The van der Waals surface area contributed by atoms with Crippen LogP contribution in [0.25, 0.3) is 0 Å². The first-order chi connectivity index (χ1) is 11.8. The van der Waals surface area contributed by atoms with Crippen molar-refractivity contribution in [2.75, 3.05) is 42.9 Å². The van der Waals surface area contributed by atoms with Gasteiger partial charge < -0.3 is 15.1 Å². The zero-order valence-corrected chi connectivity index (χ0v) is 14.4. The predicted molar refractivity (Wildman–Crippen MR) is 99.9 cm³/mol. The van der Waals surface area contributed by atoms with E-state index < -0.39 is 0 Å². The molecule has 1 N–H and O–H groups in total. The quantitative estimate of drug-likeness (QED) is 0.818. The van der Waals surface area contributed by atoms with Gasteiger partial charge in [0.05, 0.1) is 11.4 Å². The lowest BCUT2D eigenvalue weighted by atomic mass is 10.1. The molecule has 4 nitrogen and oxygen atoms in total. The number of carbonyl (C=O) groups is 1. The summed E-state index contributed by atoms with van der Waals surface area (Å²) >= 11 is 6.04. The van der Waals surface area contributed by atoms with Crippen LogP contribution in [-0.4, -0.2) is 44.0 Å². The second kappa shape index (κ2) is 8.06. The molecule has 1 aliphatic heterocycles. The molecule has 0 unspecified atom stereocenters. The summed E-state index contributed by atoms with van der Waals surface area (Å²) in [7, 11) is 0. The van der Waals surface area contributed by atoms with Crippen LogP contribution in [0.5, 0.6) is 0 Å². The monoisotopic (exact) mass is 343 g/mol. The van der Waals surface area contributed by atoms with Gasteiger partial charge in [-0.2, -0.15) is 0 Å². The van der Waals surface area contributed by atoms with Gasteiger partial charge in [-0.05, 0) is 36.2 Å². The van der Waals surface area contributed by atoms with Gasteiger partial charge in [0.25, 0.3) is 0 Å². The van der Waals surface area contributed by atoms with E-state index in [0.717, 1.165) is 56.3 Å². The summed E-state index contributed by atoms with van der Waals surface area (Å²) in [5, 5.41) is 4.31. The Balaban J connectivity index is 1.61. The standard InChI is InChI=1S/C19H22ClN3O/c20-17-5-3-4-16(14-17)8-9-21-18-6-1-2-7-19(18)23-12-10-22(15-24)11-13-23/h1-7,14-15,21H,8-13H2. The van der Waals surface area contributed by atoms with Gasteiger partial charge in [0.2, 0.25) is 6.41 Å². The van der Waals surface area contributed by atoms with Crippen LogP contribution < -0.4 is 10.2 Å². The van der Waals surface area contributed by atoms with Crippen molar-refractivity contribution in [3.05, 3.63) is 59.1 Å². The third kappa shape index (κ3) is 4.20. The molecule has 1 amide bonds. The Morgan fingerprint density at radius 2 is 1.83 bits per heavy atom. The number of hydrogen-bond acceptors (Lipinski definition) is 3. The normalized spacial score (nSPS) is 14.5. The molecule has 1 fully saturated rings. The highest BCUT2D eigenvalue weighted by Crippen LogP contribution is 2.26. The summed E-state index contributed by atoms with van der Waals surface area (Å²) in [4.78, 5) is 15.0. The SMILES string of the molecule is O=CN1CCN(c2ccccc2NCCc2cccc(Cl)c2)CC1. The predicted octanol–water partition coefficient (Wildman–Crippen LogP) is 3.27. The van der Waals surface area contributed by atoms with E-state index in [1.807, 2.05) is 29.2 Å². The number of carbonyl (C=O) groups excluding carboxylic acids is 1. The molecule has 3 rings (SSSR count). The molecule has 0 saturated carbocycles. The topological polar surface area (TPSA) is 35.6 Å². The molecule has 1 saturated heterocycles. The Hall–Kier alpha value is -2.20. The number of piperazine rings is 1. The third-order valence-corrected chi connectivity index (χ3v) is 4.56. The first-order valence-electron chi connectivity index (χ1n) is 8.28. The fourth-order valence-electron chi connectivity index (χ4n) is 3.00. The Labute approximate surface area is 148 Å². The Morgan fingerprint density at radius 1 is 1.04 bits per heavy atom. The number of hydrogen-bond donors (Lipinski definition) is 1. The number of anilines is 2. The van der Waals surface area contributed by atoms with Crippen molar-refractivity contribution in [2.24, 2.45) is 0 Å². The summed E-state index contributed by atoms with van der Waals surface area (Å²) in [5.41, 5.74) is 3.57. The highest BCUT2D eigenvalue weighted by molar-refractivity contribution is 6.30. The van der Waals surface area contributed by atoms with Crippen LogP contribution in [0.4, 0.5) is 11.4 Å². The van der Waals surface area contributed by atoms with Crippen LogP contribution in [0.15, 0.2) is 48.5 Å². The van der Waals surface area contributed by atoms with Crippen LogP contribution in [-0.2, 0) is 11.2 Å². The summed E-state index contributed by atoms with van der Waals surface area (Å²) in [6.07, 6.45) is 1.86. The lowest BCUT2D eigenvalue weighted by molar-refractivity contribution is -0.118. The van der Waals surface area contributed by atoms with Gasteiger partial charge in [0, 0.05) is 37.7 Å². The van der Waals surface area contributed by atoms with Gasteiger partial charge in [-0.1, -0.05) is 35.9 Å². The van der Waals surface area contributed by atoms with Crippen LogP contribution in [0.2, 0.25) is 5.02 Å². The average Bonchev–Trinajstić information content (AvgIpc) is 2.62. The Bertz CT molecular complexity index is 684. The summed E-state index contributed by atoms with van der Waals surface area (Å²) in [5.74, 6) is 0. The van der Waals surface area contributed by atoms with Crippen molar-refractivity contribution >= 4 is 29.4 Å². The maximum absolute atomic E-state index is 10.9. The number of para-hydroxylation sites is 2. The Kier molecular flexibility index (Phi) is 5.59.